The first-order valence-corrected chi connectivity index (χ1v) is 10.2. The molecule has 0 heterocycles. The Hall–Kier alpha value is -2.99. The molecule has 1 N–H and O–H groups in total. The van der Waals surface area contributed by atoms with Crippen molar-refractivity contribution in [2.45, 2.75) is 45.6 Å². The minimum absolute atomic E-state index is 0.0163. The summed E-state index contributed by atoms with van der Waals surface area (Å²) in [5, 5.41) is 0. The largest absolute Gasteiger partial charge is 0.466 e. The highest BCUT2D eigenvalue weighted by molar-refractivity contribution is 5.72. The summed E-state index contributed by atoms with van der Waals surface area (Å²) in [6.45, 7) is 3.88. The van der Waals surface area contributed by atoms with Crippen molar-refractivity contribution < 1.29 is 24.0 Å². The molecule has 2 atom stereocenters. The Morgan fingerprint density at radius 1 is 1.03 bits per heavy atom. The third-order valence-electron chi connectivity index (χ3n) is 4.68. The first-order chi connectivity index (χ1) is 14.5. The predicted octanol–water partition coefficient (Wildman–Crippen LogP) is 3.88. The molecule has 0 spiro atoms. The van der Waals surface area contributed by atoms with Crippen molar-refractivity contribution in [3.8, 4) is 11.1 Å². The van der Waals surface area contributed by atoms with Crippen molar-refractivity contribution in [1.82, 2.24) is 5.48 Å². The van der Waals surface area contributed by atoms with Gasteiger partial charge in [0.15, 0.2) is 0 Å². The SMILES string of the molecule is CCOC(=O)[C@H](C)C[C@@H](Cc1ccc(-c2ccccc2)cc1)NOC(=O)CCC=O. The Kier molecular flexibility index (Phi) is 9.74. The van der Waals surface area contributed by atoms with Crippen LogP contribution in [-0.2, 0) is 30.4 Å². The van der Waals surface area contributed by atoms with Crippen LogP contribution in [0.3, 0.4) is 0 Å². The normalized spacial score (nSPS) is 12.6. The molecule has 6 heteroatoms. The van der Waals surface area contributed by atoms with Crippen molar-refractivity contribution in [1.29, 1.82) is 0 Å². The van der Waals surface area contributed by atoms with Gasteiger partial charge in [-0.15, -0.1) is 5.48 Å². The first-order valence-electron chi connectivity index (χ1n) is 10.2. The minimum Gasteiger partial charge on any atom is -0.466 e. The maximum absolute atomic E-state index is 12.0. The molecule has 0 saturated heterocycles. The molecule has 0 unspecified atom stereocenters. The second-order valence-electron chi connectivity index (χ2n) is 7.15. The van der Waals surface area contributed by atoms with Crippen LogP contribution in [0.5, 0.6) is 0 Å². The van der Waals surface area contributed by atoms with E-state index in [1.54, 1.807) is 13.8 Å². The molecule has 2 rings (SSSR count). The quantitative estimate of drug-likeness (QED) is 0.324. The van der Waals surface area contributed by atoms with Gasteiger partial charge in [-0.25, -0.2) is 0 Å². The van der Waals surface area contributed by atoms with Crippen LogP contribution in [0, 0.1) is 5.92 Å². The third kappa shape index (κ3) is 7.79. The van der Waals surface area contributed by atoms with E-state index >= 15 is 0 Å². The van der Waals surface area contributed by atoms with E-state index in [2.05, 4.69) is 17.6 Å². The number of hydrogen-bond donors (Lipinski definition) is 1. The summed E-state index contributed by atoms with van der Waals surface area (Å²) in [5.41, 5.74) is 6.08. The molecule has 0 aliphatic rings. The monoisotopic (exact) mass is 411 g/mol. The van der Waals surface area contributed by atoms with Crippen LogP contribution in [0.2, 0.25) is 0 Å². The molecular weight excluding hydrogens is 382 g/mol. The highest BCUT2D eigenvalue weighted by Crippen LogP contribution is 2.21. The number of ether oxygens (including phenoxy) is 1. The van der Waals surface area contributed by atoms with Crippen molar-refractivity contribution in [2.75, 3.05) is 6.61 Å². The number of aldehydes is 1. The summed E-state index contributed by atoms with van der Waals surface area (Å²) in [6, 6.07) is 18.0. The topological polar surface area (TPSA) is 81.7 Å². The number of rotatable bonds is 12. The summed E-state index contributed by atoms with van der Waals surface area (Å²) in [6.07, 6.45) is 1.82. The Morgan fingerprint density at radius 3 is 2.33 bits per heavy atom. The lowest BCUT2D eigenvalue weighted by atomic mass is 9.95. The Balaban J connectivity index is 2.04. The summed E-state index contributed by atoms with van der Waals surface area (Å²) in [5.74, 6) is -1.13. The fourth-order valence-electron chi connectivity index (χ4n) is 3.11. The number of nitrogens with one attached hydrogen (secondary N) is 1. The highest BCUT2D eigenvalue weighted by Gasteiger charge is 2.21. The molecule has 2 aromatic rings. The molecule has 160 valence electrons. The standard InChI is InChI=1S/C24H29NO5/c1-3-29-24(28)18(2)16-22(25-30-23(27)10-7-15-26)17-19-11-13-21(14-12-19)20-8-5-4-6-9-20/h4-6,8-9,11-15,18,22,25H,3,7,10,16-17H2,1-2H3/t18-,22+/m1/s1. The number of hydroxylamine groups is 1. The van der Waals surface area contributed by atoms with Crippen molar-refractivity contribution in [3.63, 3.8) is 0 Å². The Labute approximate surface area is 177 Å². The van der Waals surface area contributed by atoms with E-state index in [9.17, 15) is 14.4 Å². The number of carbonyl (C=O) groups is 3. The van der Waals surface area contributed by atoms with E-state index in [1.807, 2.05) is 42.5 Å². The molecule has 0 fully saturated rings. The highest BCUT2D eigenvalue weighted by atomic mass is 16.7. The fraction of sp³-hybridized carbons (Fsp3) is 0.375. The van der Waals surface area contributed by atoms with E-state index in [-0.39, 0.29) is 30.8 Å². The maximum atomic E-state index is 12.0. The summed E-state index contributed by atoms with van der Waals surface area (Å²) >= 11 is 0. The zero-order valence-corrected chi connectivity index (χ0v) is 17.5. The van der Waals surface area contributed by atoms with Crippen molar-refractivity contribution in [2.24, 2.45) is 5.92 Å². The van der Waals surface area contributed by atoms with Crippen LogP contribution in [0.25, 0.3) is 11.1 Å². The van der Waals surface area contributed by atoms with Gasteiger partial charge in [-0.2, -0.15) is 0 Å². The molecule has 2 aromatic carbocycles. The van der Waals surface area contributed by atoms with E-state index in [0.717, 1.165) is 16.7 Å². The van der Waals surface area contributed by atoms with E-state index in [4.69, 9.17) is 9.57 Å². The molecular formula is C24H29NO5. The fourth-order valence-corrected chi connectivity index (χ4v) is 3.11. The Morgan fingerprint density at radius 2 is 1.70 bits per heavy atom. The van der Waals surface area contributed by atoms with Crippen LogP contribution in [-0.4, -0.2) is 30.9 Å². The number of hydrogen-bond acceptors (Lipinski definition) is 6. The molecule has 6 nitrogen and oxygen atoms in total. The van der Waals surface area contributed by atoms with Gasteiger partial charge in [-0.1, -0.05) is 61.5 Å². The van der Waals surface area contributed by atoms with Gasteiger partial charge in [0.25, 0.3) is 0 Å². The van der Waals surface area contributed by atoms with Crippen LogP contribution >= 0.6 is 0 Å². The average Bonchev–Trinajstić information content (AvgIpc) is 2.77. The van der Waals surface area contributed by atoms with Gasteiger partial charge in [0, 0.05) is 12.5 Å². The zero-order valence-electron chi connectivity index (χ0n) is 17.5. The summed E-state index contributed by atoms with van der Waals surface area (Å²) in [4.78, 5) is 39.3. The lowest BCUT2D eigenvalue weighted by Gasteiger charge is -2.21. The minimum atomic E-state index is -0.504. The van der Waals surface area contributed by atoms with Gasteiger partial charge in [-0.3, -0.25) is 9.59 Å². The van der Waals surface area contributed by atoms with Crippen LogP contribution in [0.15, 0.2) is 54.6 Å². The zero-order chi connectivity index (χ0) is 21.8. The summed E-state index contributed by atoms with van der Waals surface area (Å²) < 4.78 is 5.08. The average molecular weight is 411 g/mol. The smallest absolute Gasteiger partial charge is 0.325 e. The van der Waals surface area contributed by atoms with E-state index in [1.165, 1.54) is 0 Å². The second-order valence-corrected chi connectivity index (χ2v) is 7.15. The Bertz CT molecular complexity index is 804. The van der Waals surface area contributed by atoms with Crippen molar-refractivity contribution >= 4 is 18.2 Å². The molecule has 0 saturated carbocycles. The lowest BCUT2D eigenvalue weighted by molar-refractivity contribution is -0.154. The van der Waals surface area contributed by atoms with Gasteiger partial charge in [-0.05, 0) is 36.5 Å². The van der Waals surface area contributed by atoms with Crippen LogP contribution in [0.1, 0.15) is 38.7 Å². The molecule has 0 aliphatic heterocycles. The molecule has 0 aliphatic carbocycles. The van der Waals surface area contributed by atoms with Gasteiger partial charge in [0.1, 0.15) is 6.29 Å². The number of carbonyl (C=O) groups excluding carboxylic acids is 3. The van der Waals surface area contributed by atoms with Gasteiger partial charge in [0.2, 0.25) is 0 Å². The lowest BCUT2D eigenvalue weighted by Crippen LogP contribution is -2.36. The first kappa shape index (κ1) is 23.3. The predicted molar refractivity (Wildman–Crippen MR) is 114 cm³/mol. The molecule has 0 bridgehead atoms. The summed E-state index contributed by atoms with van der Waals surface area (Å²) in [7, 11) is 0. The van der Waals surface area contributed by atoms with Gasteiger partial charge >= 0.3 is 11.9 Å². The van der Waals surface area contributed by atoms with Gasteiger partial charge in [0.05, 0.1) is 18.9 Å². The van der Waals surface area contributed by atoms with E-state index < -0.39 is 5.97 Å². The molecule has 0 amide bonds. The molecule has 0 radical (unpaired) electrons. The van der Waals surface area contributed by atoms with Crippen LogP contribution in [0.4, 0.5) is 0 Å². The number of benzene rings is 2. The van der Waals surface area contributed by atoms with Crippen LogP contribution < -0.4 is 5.48 Å². The third-order valence-corrected chi connectivity index (χ3v) is 4.68. The number of esters is 1. The molecule has 30 heavy (non-hydrogen) atoms. The second kappa shape index (κ2) is 12.5. The van der Waals surface area contributed by atoms with Gasteiger partial charge < -0.3 is 14.4 Å². The van der Waals surface area contributed by atoms with E-state index in [0.29, 0.717) is 25.7 Å². The molecule has 0 aromatic heterocycles. The van der Waals surface area contributed by atoms with Crippen molar-refractivity contribution in [3.05, 3.63) is 60.2 Å². The maximum Gasteiger partial charge on any atom is 0.325 e.